The van der Waals surface area contributed by atoms with Crippen molar-refractivity contribution in [1.29, 1.82) is 0 Å². The minimum absolute atomic E-state index is 0.0233. The van der Waals surface area contributed by atoms with Crippen LogP contribution in [0.2, 0.25) is 0 Å². The number of fused-ring (bicyclic) bond motifs is 1. The molecule has 2 heterocycles. The Morgan fingerprint density at radius 3 is 2.77 bits per heavy atom. The lowest BCUT2D eigenvalue weighted by molar-refractivity contribution is -0.130. The number of nitrogens with one attached hydrogen (secondary N) is 2. The van der Waals surface area contributed by atoms with E-state index in [2.05, 4.69) is 54.5 Å². The van der Waals surface area contributed by atoms with Gasteiger partial charge in [0.25, 0.3) is 0 Å². The number of hydrogen-bond acceptors (Lipinski definition) is 4. The van der Waals surface area contributed by atoms with E-state index in [0.717, 1.165) is 25.2 Å². The molecule has 2 aliphatic heterocycles. The van der Waals surface area contributed by atoms with Crippen molar-refractivity contribution in [2.24, 2.45) is 5.92 Å². The smallest absolute Gasteiger partial charge is 0.243 e. The van der Waals surface area contributed by atoms with Crippen LogP contribution in [0, 0.1) is 12.8 Å². The van der Waals surface area contributed by atoms with Crippen molar-refractivity contribution in [2.45, 2.75) is 77.4 Å². The van der Waals surface area contributed by atoms with Crippen molar-refractivity contribution in [2.75, 3.05) is 32.5 Å². The Kier molecular flexibility index (Phi) is 7.98. The number of amides is 2. The molecule has 172 valence electrons. The Balaban J connectivity index is 1.75. The highest BCUT2D eigenvalue weighted by molar-refractivity contribution is 5.88. The van der Waals surface area contributed by atoms with Crippen molar-refractivity contribution in [3.05, 3.63) is 29.3 Å². The molecule has 1 saturated heterocycles. The van der Waals surface area contributed by atoms with E-state index in [1.807, 2.05) is 0 Å². The van der Waals surface area contributed by atoms with Gasteiger partial charge in [-0.25, -0.2) is 0 Å². The molecule has 0 saturated carbocycles. The van der Waals surface area contributed by atoms with Gasteiger partial charge in [-0.15, -0.1) is 0 Å². The van der Waals surface area contributed by atoms with E-state index in [-0.39, 0.29) is 29.9 Å². The third-order valence-corrected chi connectivity index (χ3v) is 6.95. The van der Waals surface area contributed by atoms with Crippen LogP contribution < -0.4 is 10.6 Å². The fourth-order valence-corrected chi connectivity index (χ4v) is 5.32. The molecule has 0 radical (unpaired) electrons. The molecule has 31 heavy (non-hydrogen) atoms. The second-order valence-corrected chi connectivity index (χ2v) is 9.60. The molecule has 2 aliphatic rings. The monoisotopic (exact) mass is 428 g/mol. The topological polar surface area (TPSA) is 64.7 Å². The third-order valence-electron chi connectivity index (χ3n) is 6.95. The molecule has 0 bridgehead atoms. The number of likely N-dealkylation sites (tertiary alicyclic amines) is 1. The molecule has 0 spiro atoms. The molecule has 2 amide bonds. The van der Waals surface area contributed by atoms with Gasteiger partial charge in [-0.2, -0.15) is 0 Å². The highest BCUT2D eigenvalue weighted by atomic mass is 16.2. The number of piperidine rings is 1. The predicted octanol–water partition coefficient (Wildman–Crippen LogP) is 3.20. The van der Waals surface area contributed by atoms with Gasteiger partial charge in [0.15, 0.2) is 0 Å². The fourth-order valence-electron chi connectivity index (χ4n) is 5.32. The van der Waals surface area contributed by atoms with Gasteiger partial charge >= 0.3 is 0 Å². The highest BCUT2D eigenvalue weighted by Gasteiger charge is 2.37. The number of carbonyl (C=O) groups excluding carboxylic acids is 2. The highest BCUT2D eigenvalue weighted by Crippen LogP contribution is 2.31. The molecule has 2 N–H and O–H groups in total. The summed E-state index contributed by atoms with van der Waals surface area (Å²) in [6.45, 7) is 8.69. The molecule has 0 aliphatic carbocycles. The first-order chi connectivity index (χ1) is 14.8. The van der Waals surface area contributed by atoms with Crippen LogP contribution in [0.25, 0.3) is 0 Å². The van der Waals surface area contributed by atoms with Crippen molar-refractivity contribution >= 4 is 17.5 Å². The van der Waals surface area contributed by atoms with Crippen LogP contribution in [0.5, 0.6) is 0 Å². The molecular formula is C25H40N4O2. The fraction of sp³-hybridized carbons (Fsp3) is 0.680. The third kappa shape index (κ3) is 5.59. The number of para-hydroxylation sites is 1. The Hall–Kier alpha value is -2.08. The van der Waals surface area contributed by atoms with Gasteiger partial charge in [0.1, 0.15) is 6.04 Å². The largest absolute Gasteiger partial charge is 0.373 e. The molecule has 4 atom stereocenters. The van der Waals surface area contributed by atoms with Crippen molar-refractivity contribution < 1.29 is 9.59 Å². The predicted molar refractivity (Wildman–Crippen MR) is 126 cm³/mol. The maximum atomic E-state index is 13.3. The summed E-state index contributed by atoms with van der Waals surface area (Å²) in [6, 6.07) is 6.23. The maximum Gasteiger partial charge on any atom is 0.243 e. The van der Waals surface area contributed by atoms with Crippen LogP contribution >= 0.6 is 0 Å². The summed E-state index contributed by atoms with van der Waals surface area (Å²) < 4.78 is 0. The zero-order valence-corrected chi connectivity index (χ0v) is 19.9. The number of benzene rings is 1. The van der Waals surface area contributed by atoms with E-state index in [1.165, 1.54) is 24.0 Å². The molecule has 3 rings (SSSR count). The average Bonchev–Trinajstić information content (AvgIpc) is 3.17. The lowest BCUT2D eigenvalue weighted by Crippen LogP contribution is -2.58. The van der Waals surface area contributed by atoms with Crippen molar-refractivity contribution in [1.82, 2.24) is 15.1 Å². The Bertz CT molecular complexity index is 777. The average molecular weight is 429 g/mol. The normalized spacial score (nSPS) is 24.2. The molecule has 6 heteroatoms. The number of rotatable bonds is 8. The van der Waals surface area contributed by atoms with Gasteiger partial charge in [-0.05, 0) is 62.7 Å². The van der Waals surface area contributed by atoms with Gasteiger partial charge in [0, 0.05) is 44.7 Å². The number of hydrogen-bond donors (Lipinski definition) is 2. The first kappa shape index (κ1) is 23.6. The summed E-state index contributed by atoms with van der Waals surface area (Å²) in [6.07, 6.45) is 5.32. The van der Waals surface area contributed by atoms with E-state index >= 15 is 0 Å². The van der Waals surface area contributed by atoms with E-state index in [1.54, 1.807) is 19.0 Å². The zero-order chi connectivity index (χ0) is 22.5. The molecule has 1 fully saturated rings. The van der Waals surface area contributed by atoms with Crippen LogP contribution in [0.1, 0.15) is 57.1 Å². The number of nitrogens with zero attached hydrogens (tertiary/aromatic N) is 2. The second kappa shape index (κ2) is 10.5. The minimum Gasteiger partial charge on any atom is -0.373 e. The van der Waals surface area contributed by atoms with E-state index in [4.69, 9.17) is 0 Å². The zero-order valence-electron chi connectivity index (χ0n) is 19.9. The number of aryl methyl sites for hydroxylation is 1. The van der Waals surface area contributed by atoms with Crippen LogP contribution in [0.3, 0.4) is 0 Å². The van der Waals surface area contributed by atoms with Crippen molar-refractivity contribution in [3.8, 4) is 0 Å². The van der Waals surface area contributed by atoms with Gasteiger partial charge in [-0.3, -0.25) is 14.5 Å². The summed E-state index contributed by atoms with van der Waals surface area (Å²) in [5.74, 6) is 0.662. The standard InChI is InChI=1S/C25H40N4O2/c1-6-14-29-15-8-10-18(3)24(29)20(12-13-22(30)28(4)5)27-25(31)21-16-19-11-7-9-17(2)23(19)26-21/h7,9,11,18,20-21,24,26H,6,8,10,12-16H2,1-5H3,(H,27,31). The van der Waals surface area contributed by atoms with Crippen LogP contribution in [-0.4, -0.2) is 66.9 Å². The van der Waals surface area contributed by atoms with E-state index < -0.39 is 0 Å². The van der Waals surface area contributed by atoms with Crippen LogP contribution in [-0.2, 0) is 16.0 Å². The van der Waals surface area contributed by atoms with Gasteiger partial charge in [0.05, 0.1) is 0 Å². The summed E-state index contributed by atoms with van der Waals surface area (Å²) in [4.78, 5) is 29.9. The molecule has 6 nitrogen and oxygen atoms in total. The van der Waals surface area contributed by atoms with E-state index in [9.17, 15) is 9.59 Å². The van der Waals surface area contributed by atoms with Crippen LogP contribution in [0.4, 0.5) is 5.69 Å². The summed E-state index contributed by atoms with van der Waals surface area (Å²) in [5, 5.41) is 6.82. The van der Waals surface area contributed by atoms with Crippen LogP contribution in [0.15, 0.2) is 18.2 Å². The Labute approximate surface area is 187 Å². The maximum absolute atomic E-state index is 13.3. The van der Waals surface area contributed by atoms with Gasteiger partial charge in [-0.1, -0.05) is 32.0 Å². The lowest BCUT2D eigenvalue weighted by Gasteiger charge is -2.44. The molecule has 0 aromatic heterocycles. The lowest BCUT2D eigenvalue weighted by atomic mass is 9.83. The van der Waals surface area contributed by atoms with E-state index in [0.29, 0.717) is 25.2 Å². The second-order valence-electron chi connectivity index (χ2n) is 9.60. The molecular weight excluding hydrogens is 388 g/mol. The Morgan fingerprint density at radius 1 is 1.32 bits per heavy atom. The quantitative estimate of drug-likeness (QED) is 0.667. The first-order valence-electron chi connectivity index (χ1n) is 11.9. The molecule has 4 unspecified atom stereocenters. The SMILES string of the molecule is CCCN1CCCC(C)C1C(CCC(=O)N(C)C)NC(=O)C1Cc2cccc(C)c2N1. The van der Waals surface area contributed by atoms with Crippen molar-refractivity contribution in [3.63, 3.8) is 0 Å². The summed E-state index contributed by atoms with van der Waals surface area (Å²) in [7, 11) is 3.59. The number of carbonyl (C=O) groups is 2. The van der Waals surface area contributed by atoms with Gasteiger partial charge in [0.2, 0.25) is 11.8 Å². The van der Waals surface area contributed by atoms with Gasteiger partial charge < -0.3 is 15.5 Å². The molecule has 1 aromatic rings. The first-order valence-corrected chi connectivity index (χ1v) is 11.9. The Morgan fingerprint density at radius 2 is 2.10 bits per heavy atom. The molecule has 1 aromatic carbocycles. The minimum atomic E-state index is -0.248. The summed E-state index contributed by atoms with van der Waals surface area (Å²) in [5.41, 5.74) is 3.48. The number of anilines is 1. The summed E-state index contributed by atoms with van der Waals surface area (Å²) >= 11 is 0.